The third kappa shape index (κ3) is 15.8. The molecule has 1 rings (SSSR count). The molecule has 15 nitrogen and oxygen atoms in total. The summed E-state index contributed by atoms with van der Waals surface area (Å²) < 4.78 is 5.50. The Labute approximate surface area is 271 Å². The van der Waals surface area contributed by atoms with Gasteiger partial charge in [-0.15, -0.1) is 0 Å². The van der Waals surface area contributed by atoms with Crippen LogP contribution < -0.4 is 32.7 Å². The van der Waals surface area contributed by atoms with Crippen LogP contribution in [-0.4, -0.2) is 89.8 Å². The second kappa shape index (κ2) is 20.2. The molecule has 7 amide bonds. The minimum atomic E-state index is -1.09. The molecule has 260 valence electrons. The Kier molecular flexibility index (Phi) is 17.6. The van der Waals surface area contributed by atoms with Crippen molar-refractivity contribution < 1.29 is 38.3 Å². The molecule has 0 saturated carbocycles. The van der Waals surface area contributed by atoms with Gasteiger partial charge in [0.05, 0.1) is 0 Å². The van der Waals surface area contributed by atoms with Crippen LogP contribution in [0.25, 0.3) is 0 Å². The van der Waals surface area contributed by atoms with Crippen molar-refractivity contribution in [1.29, 1.82) is 0 Å². The number of amides is 7. The van der Waals surface area contributed by atoms with E-state index < -0.39 is 47.5 Å². The number of imide groups is 1. The van der Waals surface area contributed by atoms with Crippen molar-refractivity contribution in [2.75, 3.05) is 19.6 Å². The Bertz CT molecular complexity index is 1080. The summed E-state index contributed by atoms with van der Waals surface area (Å²) >= 11 is 0. The number of hydrogen-bond donors (Lipinski definition) is 6. The molecule has 1 aliphatic heterocycles. The van der Waals surface area contributed by atoms with Gasteiger partial charge in [0.2, 0.25) is 17.7 Å². The first kappa shape index (κ1) is 40.0. The summed E-state index contributed by atoms with van der Waals surface area (Å²) in [7, 11) is 0. The third-order valence-electron chi connectivity index (χ3n) is 7.01. The number of unbranched alkanes of at least 4 members (excludes halogenated alkanes) is 3. The largest absolute Gasteiger partial charge is 0.458 e. The van der Waals surface area contributed by atoms with Crippen LogP contribution in [0.15, 0.2) is 12.2 Å². The average Bonchev–Trinajstić information content (AvgIpc) is 3.27. The molecule has 0 spiro atoms. The zero-order valence-electron chi connectivity index (χ0n) is 27.8. The molecule has 0 fully saturated rings. The van der Waals surface area contributed by atoms with Gasteiger partial charge in [-0.25, -0.2) is 9.59 Å². The first-order chi connectivity index (χ1) is 21.5. The number of rotatable bonds is 21. The summed E-state index contributed by atoms with van der Waals surface area (Å²) in [5.41, 5.74) is 9.95. The Morgan fingerprint density at radius 2 is 1.43 bits per heavy atom. The number of ether oxygens (including phenoxy) is 1. The Balaban J connectivity index is 2.87. The Morgan fingerprint density at radius 3 is 2.00 bits per heavy atom. The Morgan fingerprint density at radius 1 is 0.826 bits per heavy atom. The highest BCUT2D eigenvalue weighted by Crippen LogP contribution is 2.13. The van der Waals surface area contributed by atoms with Crippen LogP contribution in [-0.2, 0) is 33.5 Å². The van der Waals surface area contributed by atoms with Crippen molar-refractivity contribution in [3.05, 3.63) is 12.2 Å². The number of nitrogens with zero attached hydrogens (tertiary/aromatic N) is 1. The maximum absolute atomic E-state index is 13.5. The molecule has 3 atom stereocenters. The summed E-state index contributed by atoms with van der Waals surface area (Å²) in [6, 6.07) is -3.75. The van der Waals surface area contributed by atoms with Crippen LogP contribution >= 0.6 is 0 Å². The molecule has 0 saturated heterocycles. The number of primary amides is 1. The molecule has 0 aliphatic carbocycles. The molecular formula is C31H53N7O8. The Hall–Kier alpha value is -4.01. The highest BCUT2D eigenvalue weighted by molar-refractivity contribution is 6.12. The number of carbonyl (C=O) groups is 7. The average molecular weight is 652 g/mol. The standard InChI is InChI=1S/C31H53N7O8/c1-20(2)26(37-23(39)14-7-6-10-19-38-24(40)15-16-25(38)41)28(43)35-21(13-11-18-34-30(33)45)27(42)36-22(12-8-9-17-32)29(44)46-31(3,4)5/h15-16,20-22,26H,6-14,17-19,32H2,1-5H3,(H,35,43)(H,36,42)(H,37,39)(H3,33,34,45)/t21?,22?,26-/m0/s1. The van der Waals surface area contributed by atoms with Gasteiger partial charge in [-0.2, -0.15) is 0 Å². The quantitative estimate of drug-likeness (QED) is 0.0575. The number of urea groups is 1. The summed E-state index contributed by atoms with van der Waals surface area (Å²) in [4.78, 5) is 88.1. The van der Waals surface area contributed by atoms with E-state index >= 15 is 0 Å². The smallest absolute Gasteiger partial charge is 0.329 e. The fraction of sp³-hybridized carbons (Fsp3) is 0.710. The fourth-order valence-corrected chi connectivity index (χ4v) is 4.60. The van der Waals surface area contributed by atoms with E-state index in [0.29, 0.717) is 38.6 Å². The molecule has 0 bridgehead atoms. The van der Waals surface area contributed by atoms with Crippen molar-refractivity contribution in [2.24, 2.45) is 17.4 Å². The molecule has 8 N–H and O–H groups in total. The molecular weight excluding hydrogens is 598 g/mol. The predicted octanol–water partition coefficient (Wildman–Crippen LogP) is 0.501. The van der Waals surface area contributed by atoms with Crippen molar-refractivity contribution >= 4 is 41.5 Å². The predicted molar refractivity (Wildman–Crippen MR) is 171 cm³/mol. The zero-order valence-corrected chi connectivity index (χ0v) is 27.8. The molecule has 46 heavy (non-hydrogen) atoms. The van der Waals surface area contributed by atoms with E-state index in [9.17, 15) is 33.6 Å². The molecule has 15 heteroatoms. The van der Waals surface area contributed by atoms with Gasteiger partial charge in [-0.3, -0.25) is 28.9 Å². The monoisotopic (exact) mass is 651 g/mol. The van der Waals surface area contributed by atoms with Gasteiger partial charge in [-0.1, -0.05) is 20.3 Å². The van der Waals surface area contributed by atoms with Crippen molar-refractivity contribution in [3.63, 3.8) is 0 Å². The lowest BCUT2D eigenvalue weighted by molar-refractivity contribution is -0.159. The third-order valence-corrected chi connectivity index (χ3v) is 7.01. The summed E-state index contributed by atoms with van der Waals surface area (Å²) in [6.07, 6.45) is 6.07. The van der Waals surface area contributed by atoms with Crippen LogP contribution in [0.4, 0.5) is 4.79 Å². The van der Waals surface area contributed by atoms with Gasteiger partial charge in [-0.05, 0) is 78.2 Å². The maximum Gasteiger partial charge on any atom is 0.329 e. The normalized spacial score (nSPS) is 14.9. The molecule has 1 aliphatic rings. The second-order valence-electron chi connectivity index (χ2n) is 12.6. The highest BCUT2D eigenvalue weighted by atomic mass is 16.6. The minimum absolute atomic E-state index is 0.109. The van der Waals surface area contributed by atoms with E-state index in [0.717, 1.165) is 4.90 Å². The number of nitrogens with one attached hydrogen (secondary N) is 4. The van der Waals surface area contributed by atoms with Gasteiger partial charge in [0.25, 0.3) is 11.8 Å². The van der Waals surface area contributed by atoms with E-state index in [2.05, 4.69) is 21.3 Å². The summed E-state index contributed by atoms with van der Waals surface area (Å²) in [5.74, 6) is -3.19. The molecule has 0 radical (unpaired) electrons. The molecule has 0 aromatic rings. The van der Waals surface area contributed by atoms with Gasteiger partial charge in [0.15, 0.2) is 0 Å². The maximum atomic E-state index is 13.5. The lowest BCUT2D eigenvalue weighted by Gasteiger charge is -2.28. The zero-order chi connectivity index (χ0) is 34.9. The van der Waals surface area contributed by atoms with Gasteiger partial charge in [0.1, 0.15) is 23.7 Å². The number of nitrogens with two attached hydrogens (primary N) is 2. The first-order valence-electron chi connectivity index (χ1n) is 16.0. The first-order valence-corrected chi connectivity index (χ1v) is 16.0. The number of carbonyl (C=O) groups excluding carboxylic acids is 7. The van der Waals surface area contributed by atoms with Crippen LogP contribution in [0.5, 0.6) is 0 Å². The molecule has 2 unspecified atom stereocenters. The number of esters is 1. The van der Waals surface area contributed by atoms with Gasteiger partial charge < -0.3 is 37.5 Å². The molecule has 0 aromatic carbocycles. The van der Waals surface area contributed by atoms with E-state index in [1.807, 2.05) is 0 Å². The summed E-state index contributed by atoms with van der Waals surface area (Å²) in [6.45, 7) is 9.50. The van der Waals surface area contributed by atoms with E-state index in [1.54, 1.807) is 34.6 Å². The lowest BCUT2D eigenvalue weighted by Crippen LogP contribution is -2.57. The van der Waals surface area contributed by atoms with Crippen molar-refractivity contribution in [2.45, 2.75) is 116 Å². The fourth-order valence-electron chi connectivity index (χ4n) is 4.60. The highest BCUT2D eigenvalue weighted by Gasteiger charge is 2.32. The topological polar surface area (TPSA) is 232 Å². The van der Waals surface area contributed by atoms with Gasteiger partial charge >= 0.3 is 12.0 Å². The van der Waals surface area contributed by atoms with E-state index in [-0.39, 0.29) is 62.4 Å². The lowest BCUT2D eigenvalue weighted by atomic mass is 10.0. The van der Waals surface area contributed by atoms with Crippen LogP contribution in [0.3, 0.4) is 0 Å². The summed E-state index contributed by atoms with van der Waals surface area (Å²) in [5, 5.41) is 10.6. The van der Waals surface area contributed by atoms with Crippen LogP contribution in [0, 0.1) is 5.92 Å². The number of hydrogen-bond acceptors (Lipinski definition) is 9. The van der Waals surface area contributed by atoms with Gasteiger partial charge in [0, 0.05) is 31.7 Å². The second-order valence-corrected chi connectivity index (χ2v) is 12.6. The van der Waals surface area contributed by atoms with Crippen LogP contribution in [0.2, 0.25) is 0 Å². The van der Waals surface area contributed by atoms with Crippen LogP contribution in [0.1, 0.15) is 92.4 Å². The van der Waals surface area contributed by atoms with E-state index in [1.165, 1.54) is 12.2 Å². The van der Waals surface area contributed by atoms with E-state index in [4.69, 9.17) is 16.2 Å². The van der Waals surface area contributed by atoms with Crippen molar-refractivity contribution in [1.82, 2.24) is 26.2 Å². The molecule has 1 heterocycles. The van der Waals surface area contributed by atoms with Crippen molar-refractivity contribution in [3.8, 4) is 0 Å². The SMILES string of the molecule is CC(C)[C@H](NC(=O)CCCCCN1C(=O)C=CC1=O)C(=O)NC(CCCNC(N)=O)C(=O)NC(CCCCN)C(=O)OC(C)(C)C. The minimum Gasteiger partial charge on any atom is -0.458 e. The molecule has 0 aromatic heterocycles.